The number of nitrogens with one attached hydrogen (secondary N) is 1. The van der Waals surface area contributed by atoms with Crippen LogP contribution in [0.15, 0.2) is 15.9 Å². The number of carboxylic acids is 1. The molecule has 1 aromatic rings. The fourth-order valence-electron chi connectivity index (χ4n) is 1.34. The summed E-state index contributed by atoms with van der Waals surface area (Å²) in [5.41, 5.74) is 0. The van der Waals surface area contributed by atoms with Gasteiger partial charge in [0.25, 0.3) is 0 Å². The van der Waals surface area contributed by atoms with Gasteiger partial charge in [-0.1, -0.05) is 6.92 Å². The average Bonchev–Trinajstić information content (AvgIpc) is 2.70. The Bertz CT molecular complexity index is 436. The van der Waals surface area contributed by atoms with E-state index in [1.165, 1.54) is 4.90 Å². The molecule has 5 nitrogen and oxygen atoms in total. The molecule has 0 fully saturated rings. The molecule has 1 atom stereocenters. The first-order valence-corrected chi connectivity index (χ1v) is 7.08. The van der Waals surface area contributed by atoms with E-state index in [1.807, 2.05) is 11.4 Å². The smallest absolute Gasteiger partial charge is 0.326 e. The number of rotatable bonds is 5. The summed E-state index contributed by atoms with van der Waals surface area (Å²) in [6.07, 6.45) is 0.361. The van der Waals surface area contributed by atoms with Crippen molar-refractivity contribution < 1.29 is 14.7 Å². The molecule has 0 aliphatic rings. The first-order chi connectivity index (χ1) is 8.43. The summed E-state index contributed by atoms with van der Waals surface area (Å²) in [5.74, 6) is -1.02. The van der Waals surface area contributed by atoms with Crippen LogP contribution < -0.4 is 5.32 Å². The molecule has 0 unspecified atom stereocenters. The van der Waals surface area contributed by atoms with Gasteiger partial charge in [0.2, 0.25) is 0 Å². The molecule has 100 valence electrons. The van der Waals surface area contributed by atoms with Crippen molar-refractivity contribution in [2.24, 2.45) is 0 Å². The van der Waals surface area contributed by atoms with E-state index >= 15 is 0 Å². The predicted octanol–water partition coefficient (Wildman–Crippen LogP) is 2.52. The van der Waals surface area contributed by atoms with Crippen LogP contribution in [0.25, 0.3) is 0 Å². The van der Waals surface area contributed by atoms with Crippen LogP contribution in [0.3, 0.4) is 0 Å². The molecule has 0 bridgehead atoms. The van der Waals surface area contributed by atoms with Crippen LogP contribution in [0, 0.1) is 0 Å². The predicted molar refractivity (Wildman–Crippen MR) is 73.7 cm³/mol. The lowest BCUT2D eigenvalue weighted by atomic mass is 10.2. The SMILES string of the molecule is CC[C@H](NC(=O)N(C)Cc1cc(Br)cs1)C(=O)O. The Morgan fingerprint density at radius 2 is 2.28 bits per heavy atom. The zero-order valence-corrected chi connectivity index (χ0v) is 12.5. The van der Waals surface area contributed by atoms with Gasteiger partial charge in [0.1, 0.15) is 6.04 Å². The van der Waals surface area contributed by atoms with Crippen LogP contribution in [0.4, 0.5) is 4.79 Å². The molecule has 0 saturated heterocycles. The molecule has 2 amide bonds. The van der Waals surface area contributed by atoms with Crippen molar-refractivity contribution in [2.45, 2.75) is 25.9 Å². The Balaban J connectivity index is 2.53. The number of hydrogen-bond acceptors (Lipinski definition) is 3. The highest BCUT2D eigenvalue weighted by molar-refractivity contribution is 9.10. The number of halogens is 1. The monoisotopic (exact) mass is 334 g/mol. The largest absolute Gasteiger partial charge is 0.480 e. The molecule has 1 aromatic heterocycles. The summed E-state index contributed by atoms with van der Waals surface area (Å²) in [4.78, 5) is 25.1. The van der Waals surface area contributed by atoms with E-state index < -0.39 is 12.0 Å². The topological polar surface area (TPSA) is 69.6 Å². The van der Waals surface area contributed by atoms with Gasteiger partial charge < -0.3 is 15.3 Å². The minimum absolute atomic E-state index is 0.361. The van der Waals surface area contributed by atoms with Gasteiger partial charge in [0, 0.05) is 21.8 Å². The van der Waals surface area contributed by atoms with E-state index in [0.29, 0.717) is 13.0 Å². The fraction of sp³-hybridized carbons (Fsp3) is 0.455. The zero-order valence-electron chi connectivity index (χ0n) is 10.1. The highest BCUT2D eigenvalue weighted by Gasteiger charge is 2.19. The van der Waals surface area contributed by atoms with E-state index in [9.17, 15) is 9.59 Å². The van der Waals surface area contributed by atoms with Gasteiger partial charge in [0.15, 0.2) is 0 Å². The van der Waals surface area contributed by atoms with Crippen molar-refractivity contribution in [3.05, 3.63) is 20.8 Å². The summed E-state index contributed by atoms with van der Waals surface area (Å²) >= 11 is 4.88. The summed E-state index contributed by atoms with van der Waals surface area (Å²) in [6, 6.07) is 0.715. The Labute approximate surface area is 118 Å². The number of thiophene rings is 1. The number of urea groups is 1. The Morgan fingerprint density at radius 1 is 1.61 bits per heavy atom. The van der Waals surface area contributed by atoms with Crippen molar-refractivity contribution in [3.63, 3.8) is 0 Å². The normalized spacial score (nSPS) is 11.9. The highest BCUT2D eigenvalue weighted by atomic mass is 79.9. The van der Waals surface area contributed by atoms with Gasteiger partial charge in [-0.25, -0.2) is 9.59 Å². The number of nitrogens with zero attached hydrogens (tertiary/aromatic N) is 1. The molecule has 1 rings (SSSR count). The molecule has 18 heavy (non-hydrogen) atoms. The van der Waals surface area contributed by atoms with E-state index in [0.717, 1.165) is 9.35 Å². The molecule has 0 radical (unpaired) electrons. The zero-order chi connectivity index (χ0) is 13.7. The standard InChI is InChI=1S/C11H15BrN2O3S/c1-3-9(10(15)16)13-11(17)14(2)5-8-4-7(12)6-18-8/h4,6,9H,3,5H2,1-2H3,(H,13,17)(H,15,16)/t9-/m0/s1. The molecule has 0 saturated carbocycles. The summed E-state index contributed by atoms with van der Waals surface area (Å²) < 4.78 is 0.980. The lowest BCUT2D eigenvalue weighted by Gasteiger charge is -2.20. The lowest BCUT2D eigenvalue weighted by molar-refractivity contribution is -0.139. The Kier molecular flexibility index (Phi) is 5.61. The summed E-state index contributed by atoms with van der Waals surface area (Å²) in [5, 5.41) is 13.3. The van der Waals surface area contributed by atoms with Crippen LogP contribution in [0.2, 0.25) is 0 Å². The maximum atomic E-state index is 11.8. The van der Waals surface area contributed by atoms with Gasteiger partial charge >= 0.3 is 12.0 Å². The van der Waals surface area contributed by atoms with Gasteiger partial charge in [-0.15, -0.1) is 11.3 Å². The second-order valence-corrected chi connectivity index (χ2v) is 5.75. The molecule has 0 aliphatic carbocycles. The third kappa shape index (κ3) is 4.30. The molecule has 1 heterocycles. The molecule has 0 spiro atoms. The van der Waals surface area contributed by atoms with Crippen LogP contribution >= 0.6 is 27.3 Å². The second-order valence-electron chi connectivity index (χ2n) is 3.84. The lowest BCUT2D eigenvalue weighted by Crippen LogP contribution is -2.46. The number of aliphatic carboxylic acids is 1. The van der Waals surface area contributed by atoms with Crippen molar-refractivity contribution >= 4 is 39.3 Å². The van der Waals surface area contributed by atoms with Crippen molar-refractivity contribution in [1.82, 2.24) is 10.2 Å². The third-order valence-corrected chi connectivity index (χ3v) is 4.05. The summed E-state index contributed by atoms with van der Waals surface area (Å²) in [7, 11) is 1.64. The van der Waals surface area contributed by atoms with Crippen LogP contribution in [0.5, 0.6) is 0 Å². The van der Waals surface area contributed by atoms with Gasteiger partial charge in [-0.3, -0.25) is 0 Å². The fourth-order valence-corrected chi connectivity index (χ4v) is 2.84. The van der Waals surface area contributed by atoms with Crippen molar-refractivity contribution in [1.29, 1.82) is 0 Å². The average molecular weight is 335 g/mol. The maximum absolute atomic E-state index is 11.8. The van der Waals surface area contributed by atoms with Crippen molar-refractivity contribution in [2.75, 3.05) is 7.05 Å². The van der Waals surface area contributed by atoms with Crippen LogP contribution in [0.1, 0.15) is 18.2 Å². The van der Waals surface area contributed by atoms with Crippen LogP contribution in [-0.4, -0.2) is 35.1 Å². The third-order valence-electron chi connectivity index (χ3n) is 2.37. The quantitative estimate of drug-likeness (QED) is 0.869. The van der Waals surface area contributed by atoms with E-state index in [2.05, 4.69) is 21.2 Å². The number of hydrogen-bond donors (Lipinski definition) is 2. The molecule has 2 N–H and O–H groups in total. The van der Waals surface area contributed by atoms with E-state index in [4.69, 9.17) is 5.11 Å². The first-order valence-electron chi connectivity index (χ1n) is 5.41. The number of carboxylic acid groups (broad SMARTS) is 1. The number of carbonyl (C=O) groups excluding carboxylic acids is 1. The second kappa shape index (κ2) is 6.75. The highest BCUT2D eigenvalue weighted by Crippen LogP contribution is 2.20. The number of amides is 2. The molecule has 0 aromatic carbocycles. The summed E-state index contributed by atoms with van der Waals surface area (Å²) in [6.45, 7) is 2.17. The minimum atomic E-state index is -1.02. The van der Waals surface area contributed by atoms with Gasteiger partial charge in [-0.2, -0.15) is 0 Å². The van der Waals surface area contributed by atoms with Crippen molar-refractivity contribution in [3.8, 4) is 0 Å². The van der Waals surface area contributed by atoms with Crippen LogP contribution in [-0.2, 0) is 11.3 Å². The minimum Gasteiger partial charge on any atom is -0.480 e. The maximum Gasteiger partial charge on any atom is 0.326 e. The molecular formula is C11H15BrN2O3S. The van der Waals surface area contributed by atoms with Gasteiger partial charge in [-0.05, 0) is 28.4 Å². The Hall–Kier alpha value is -1.08. The van der Waals surface area contributed by atoms with E-state index in [-0.39, 0.29) is 6.03 Å². The molecule has 0 aliphatic heterocycles. The van der Waals surface area contributed by atoms with E-state index in [1.54, 1.807) is 25.3 Å². The molecule has 7 heteroatoms. The Morgan fingerprint density at radius 3 is 2.72 bits per heavy atom. The first kappa shape index (κ1) is 15.0. The van der Waals surface area contributed by atoms with Gasteiger partial charge in [0.05, 0.1) is 6.54 Å². The number of carbonyl (C=O) groups is 2. The molecular weight excluding hydrogens is 320 g/mol.